The Balaban J connectivity index is 1.52. The number of amides is 1. The summed E-state index contributed by atoms with van der Waals surface area (Å²) in [5.74, 6) is 2.51. The molecule has 4 aromatic rings. The van der Waals surface area contributed by atoms with Gasteiger partial charge in [-0.3, -0.25) is 4.79 Å². The number of hydrogen-bond acceptors (Lipinski definition) is 5. The van der Waals surface area contributed by atoms with Gasteiger partial charge in [0.1, 0.15) is 0 Å². The molecule has 0 bridgehead atoms. The van der Waals surface area contributed by atoms with E-state index in [1.807, 2.05) is 42.5 Å². The third kappa shape index (κ3) is 4.10. The van der Waals surface area contributed by atoms with E-state index >= 15 is 0 Å². The van der Waals surface area contributed by atoms with E-state index in [4.69, 9.17) is 18.9 Å². The van der Waals surface area contributed by atoms with E-state index in [0.717, 1.165) is 33.2 Å². The molecule has 0 unspecified atom stereocenters. The van der Waals surface area contributed by atoms with Gasteiger partial charge in [0.15, 0.2) is 23.0 Å². The zero-order valence-electron chi connectivity index (χ0n) is 19.3. The van der Waals surface area contributed by atoms with Gasteiger partial charge in [-0.1, -0.05) is 35.9 Å². The molecule has 0 fully saturated rings. The van der Waals surface area contributed by atoms with Crippen molar-refractivity contribution in [3.8, 4) is 34.1 Å². The van der Waals surface area contributed by atoms with Gasteiger partial charge in [0.2, 0.25) is 6.79 Å². The van der Waals surface area contributed by atoms with E-state index in [0.29, 0.717) is 29.4 Å². The molecule has 0 radical (unpaired) electrons. The second-order valence-corrected chi connectivity index (χ2v) is 8.19. The van der Waals surface area contributed by atoms with Gasteiger partial charge >= 0.3 is 0 Å². The van der Waals surface area contributed by atoms with Crippen molar-refractivity contribution >= 4 is 16.7 Å². The van der Waals surface area contributed by atoms with E-state index in [1.165, 1.54) is 5.56 Å². The SMILES string of the molecule is COc1cc2cc(C(=O)NCc3ccc4c(c3)OCO4)cc(-c3ccc(C)cc3)c2cc1OC. The molecule has 34 heavy (non-hydrogen) atoms. The third-order valence-electron chi connectivity index (χ3n) is 5.97. The molecular weight excluding hydrogens is 430 g/mol. The first-order valence-electron chi connectivity index (χ1n) is 11.0. The molecule has 0 saturated carbocycles. The number of rotatable bonds is 6. The van der Waals surface area contributed by atoms with Crippen LogP contribution in [0.2, 0.25) is 0 Å². The van der Waals surface area contributed by atoms with Gasteiger partial charge in [-0.15, -0.1) is 0 Å². The monoisotopic (exact) mass is 455 g/mol. The van der Waals surface area contributed by atoms with Crippen molar-refractivity contribution in [2.75, 3.05) is 21.0 Å². The van der Waals surface area contributed by atoms with Crippen molar-refractivity contribution in [2.24, 2.45) is 0 Å². The third-order valence-corrected chi connectivity index (χ3v) is 5.97. The van der Waals surface area contributed by atoms with Crippen LogP contribution in [-0.2, 0) is 6.54 Å². The van der Waals surface area contributed by atoms with Crippen LogP contribution in [0.1, 0.15) is 21.5 Å². The summed E-state index contributed by atoms with van der Waals surface area (Å²) in [5, 5.41) is 4.89. The molecule has 4 aromatic carbocycles. The number of aryl methyl sites for hydroxylation is 1. The fraction of sp³-hybridized carbons (Fsp3) is 0.179. The maximum Gasteiger partial charge on any atom is 0.251 e. The zero-order chi connectivity index (χ0) is 23.7. The predicted octanol–water partition coefficient (Wildman–Crippen LogP) is 5.49. The van der Waals surface area contributed by atoms with Gasteiger partial charge in [-0.2, -0.15) is 0 Å². The minimum Gasteiger partial charge on any atom is -0.493 e. The number of carbonyl (C=O) groups is 1. The van der Waals surface area contributed by atoms with E-state index in [9.17, 15) is 4.79 Å². The van der Waals surface area contributed by atoms with Gasteiger partial charge in [0, 0.05) is 12.1 Å². The second kappa shape index (κ2) is 8.98. The standard InChI is InChI=1S/C28H25NO5/c1-17-4-7-19(8-5-17)22-12-21(11-20-13-25(31-2)26(32-3)14-23(20)22)28(30)29-15-18-6-9-24-27(10-18)34-16-33-24/h4-14H,15-16H2,1-3H3,(H,29,30). The topological polar surface area (TPSA) is 66.0 Å². The van der Waals surface area contributed by atoms with Crippen molar-refractivity contribution in [3.63, 3.8) is 0 Å². The van der Waals surface area contributed by atoms with Crippen LogP contribution in [0.5, 0.6) is 23.0 Å². The lowest BCUT2D eigenvalue weighted by Crippen LogP contribution is -2.22. The van der Waals surface area contributed by atoms with Crippen LogP contribution in [0.15, 0.2) is 66.7 Å². The van der Waals surface area contributed by atoms with Gasteiger partial charge in [-0.05, 0) is 70.8 Å². The molecular formula is C28H25NO5. The Labute approximate surface area is 198 Å². The summed E-state index contributed by atoms with van der Waals surface area (Å²) in [6.07, 6.45) is 0. The molecule has 6 heteroatoms. The molecule has 0 aromatic heterocycles. The van der Waals surface area contributed by atoms with Crippen LogP contribution in [0.4, 0.5) is 0 Å². The second-order valence-electron chi connectivity index (χ2n) is 8.19. The fourth-order valence-electron chi connectivity index (χ4n) is 4.13. The summed E-state index contributed by atoms with van der Waals surface area (Å²) in [6.45, 7) is 2.65. The van der Waals surface area contributed by atoms with Crippen LogP contribution in [0, 0.1) is 6.92 Å². The van der Waals surface area contributed by atoms with E-state index in [2.05, 4.69) is 36.5 Å². The van der Waals surface area contributed by atoms with Crippen LogP contribution in [0.25, 0.3) is 21.9 Å². The summed E-state index contributed by atoms with van der Waals surface area (Å²) >= 11 is 0. The van der Waals surface area contributed by atoms with E-state index in [1.54, 1.807) is 14.2 Å². The lowest BCUT2D eigenvalue weighted by atomic mass is 9.94. The molecule has 6 nitrogen and oxygen atoms in total. The zero-order valence-corrected chi connectivity index (χ0v) is 19.3. The highest BCUT2D eigenvalue weighted by Crippen LogP contribution is 2.38. The largest absolute Gasteiger partial charge is 0.493 e. The Bertz CT molecular complexity index is 1380. The lowest BCUT2D eigenvalue weighted by molar-refractivity contribution is 0.0951. The number of hydrogen-bond donors (Lipinski definition) is 1. The molecule has 0 saturated heterocycles. The summed E-state index contributed by atoms with van der Waals surface area (Å²) in [6, 6.07) is 21.6. The maximum atomic E-state index is 13.2. The summed E-state index contributed by atoms with van der Waals surface area (Å²) in [7, 11) is 3.22. The normalized spacial score (nSPS) is 12.0. The minimum absolute atomic E-state index is 0.164. The first kappa shape index (κ1) is 21.6. The molecule has 5 rings (SSSR count). The first-order chi connectivity index (χ1) is 16.6. The minimum atomic E-state index is -0.164. The number of nitrogens with one attached hydrogen (secondary N) is 1. The highest BCUT2D eigenvalue weighted by molar-refractivity contribution is 6.05. The first-order valence-corrected chi connectivity index (χ1v) is 11.0. The van der Waals surface area contributed by atoms with Crippen molar-refractivity contribution in [2.45, 2.75) is 13.5 Å². The van der Waals surface area contributed by atoms with Gasteiger partial charge in [0.25, 0.3) is 5.91 Å². The van der Waals surface area contributed by atoms with Crippen LogP contribution >= 0.6 is 0 Å². The number of ether oxygens (including phenoxy) is 4. The Morgan fingerprint density at radius 2 is 1.62 bits per heavy atom. The van der Waals surface area contributed by atoms with Crippen LogP contribution < -0.4 is 24.3 Å². The Hall–Kier alpha value is -4.19. The Kier molecular flexibility index (Phi) is 5.72. The summed E-state index contributed by atoms with van der Waals surface area (Å²) < 4.78 is 21.8. The number of methoxy groups -OCH3 is 2. The van der Waals surface area contributed by atoms with Crippen molar-refractivity contribution in [3.05, 3.63) is 83.4 Å². The smallest absolute Gasteiger partial charge is 0.251 e. The summed E-state index contributed by atoms with van der Waals surface area (Å²) in [4.78, 5) is 13.2. The average molecular weight is 456 g/mol. The van der Waals surface area contributed by atoms with Crippen molar-refractivity contribution in [1.29, 1.82) is 0 Å². The van der Waals surface area contributed by atoms with E-state index in [-0.39, 0.29) is 12.7 Å². The quantitative estimate of drug-likeness (QED) is 0.416. The van der Waals surface area contributed by atoms with Crippen LogP contribution in [-0.4, -0.2) is 26.9 Å². The summed E-state index contributed by atoms with van der Waals surface area (Å²) in [5.41, 5.74) is 4.64. The Morgan fingerprint density at radius 1 is 0.882 bits per heavy atom. The van der Waals surface area contributed by atoms with Gasteiger partial charge in [-0.25, -0.2) is 0 Å². The molecule has 0 atom stereocenters. The Morgan fingerprint density at radius 3 is 2.38 bits per heavy atom. The highest BCUT2D eigenvalue weighted by atomic mass is 16.7. The van der Waals surface area contributed by atoms with Gasteiger partial charge in [0.05, 0.1) is 14.2 Å². The maximum absolute atomic E-state index is 13.2. The molecule has 0 spiro atoms. The average Bonchev–Trinajstić information content (AvgIpc) is 3.34. The van der Waals surface area contributed by atoms with Crippen LogP contribution in [0.3, 0.4) is 0 Å². The molecule has 1 aliphatic heterocycles. The van der Waals surface area contributed by atoms with Crippen molar-refractivity contribution < 1.29 is 23.7 Å². The fourth-order valence-corrected chi connectivity index (χ4v) is 4.13. The van der Waals surface area contributed by atoms with Crippen molar-refractivity contribution in [1.82, 2.24) is 5.32 Å². The van der Waals surface area contributed by atoms with E-state index < -0.39 is 0 Å². The molecule has 1 aliphatic rings. The molecule has 1 heterocycles. The lowest BCUT2D eigenvalue weighted by Gasteiger charge is -2.15. The molecule has 1 amide bonds. The predicted molar refractivity (Wildman–Crippen MR) is 131 cm³/mol. The number of carbonyl (C=O) groups excluding carboxylic acids is 1. The number of benzene rings is 4. The van der Waals surface area contributed by atoms with Gasteiger partial charge < -0.3 is 24.3 Å². The molecule has 1 N–H and O–H groups in total. The number of fused-ring (bicyclic) bond motifs is 2. The molecule has 0 aliphatic carbocycles. The molecule has 172 valence electrons. The highest BCUT2D eigenvalue weighted by Gasteiger charge is 2.17.